The number of carbonyl (C=O) groups is 2. The smallest absolute Gasteiger partial charge is 0.262 e. The van der Waals surface area contributed by atoms with Crippen LogP contribution in [0.5, 0.6) is 0 Å². The lowest BCUT2D eigenvalue weighted by atomic mass is 10.1. The van der Waals surface area contributed by atoms with Gasteiger partial charge in [-0.3, -0.25) is 9.59 Å². The topological polar surface area (TPSA) is 88.5 Å². The number of benzene rings is 1. The van der Waals surface area contributed by atoms with E-state index < -0.39 is 23.7 Å². The van der Waals surface area contributed by atoms with Gasteiger partial charge in [0.15, 0.2) is 0 Å². The summed E-state index contributed by atoms with van der Waals surface area (Å²) in [5, 5.41) is 5.75. The highest BCUT2D eigenvalue weighted by Crippen LogP contribution is 2.33. The van der Waals surface area contributed by atoms with E-state index in [1.807, 2.05) is 0 Å². The van der Waals surface area contributed by atoms with Crippen LogP contribution in [0.3, 0.4) is 0 Å². The molecular weight excluding hydrogens is 417 g/mol. The molecular formula is C23H22FN3O5. The minimum Gasteiger partial charge on any atom is -0.467 e. The summed E-state index contributed by atoms with van der Waals surface area (Å²) in [6, 6.07) is 12.2. The summed E-state index contributed by atoms with van der Waals surface area (Å²) < 4.78 is 30.2. The lowest BCUT2D eigenvalue weighted by molar-refractivity contribution is -0.134. The second kappa shape index (κ2) is 9.61. The summed E-state index contributed by atoms with van der Waals surface area (Å²) >= 11 is 0. The van der Waals surface area contributed by atoms with Gasteiger partial charge in [-0.1, -0.05) is 12.1 Å². The van der Waals surface area contributed by atoms with Gasteiger partial charge in [0.05, 0.1) is 24.7 Å². The Kier molecular flexibility index (Phi) is 6.46. The Hall–Kier alpha value is -3.72. The highest BCUT2D eigenvalue weighted by molar-refractivity contribution is 6.02. The average molecular weight is 439 g/mol. The van der Waals surface area contributed by atoms with Crippen LogP contribution in [0, 0.1) is 5.82 Å². The van der Waals surface area contributed by atoms with Crippen LogP contribution in [0.1, 0.15) is 34.3 Å². The van der Waals surface area contributed by atoms with Crippen LogP contribution in [0.15, 0.2) is 75.0 Å². The molecule has 1 atom stereocenters. The molecule has 0 fully saturated rings. The molecule has 0 unspecified atom stereocenters. The molecule has 0 aliphatic carbocycles. The van der Waals surface area contributed by atoms with Gasteiger partial charge < -0.3 is 18.5 Å². The highest BCUT2D eigenvalue weighted by Gasteiger charge is 2.37. The van der Waals surface area contributed by atoms with Crippen molar-refractivity contribution in [1.82, 2.24) is 9.91 Å². The molecule has 0 N–H and O–H groups in total. The molecule has 0 bridgehead atoms. The van der Waals surface area contributed by atoms with E-state index >= 15 is 0 Å². The van der Waals surface area contributed by atoms with Gasteiger partial charge in [-0.2, -0.15) is 5.10 Å². The van der Waals surface area contributed by atoms with Crippen molar-refractivity contribution in [2.45, 2.75) is 12.5 Å². The predicted molar refractivity (Wildman–Crippen MR) is 112 cm³/mol. The van der Waals surface area contributed by atoms with Crippen LogP contribution in [0.2, 0.25) is 0 Å². The average Bonchev–Trinajstić information content (AvgIpc) is 3.56. The first-order valence-electron chi connectivity index (χ1n) is 10.1. The Morgan fingerprint density at radius 2 is 1.94 bits per heavy atom. The van der Waals surface area contributed by atoms with Crippen LogP contribution >= 0.6 is 0 Å². The van der Waals surface area contributed by atoms with Crippen LogP contribution in [-0.4, -0.2) is 54.2 Å². The molecule has 1 aromatic carbocycles. The number of halogens is 1. The van der Waals surface area contributed by atoms with Crippen molar-refractivity contribution in [2.75, 3.05) is 26.8 Å². The minimum atomic E-state index is -0.653. The quantitative estimate of drug-likeness (QED) is 0.536. The Morgan fingerprint density at radius 3 is 2.62 bits per heavy atom. The third-order valence-electron chi connectivity index (χ3n) is 5.13. The van der Waals surface area contributed by atoms with Crippen LogP contribution in [0.4, 0.5) is 4.39 Å². The fourth-order valence-electron chi connectivity index (χ4n) is 3.53. The normalized spacial score (nSPS) is 15.6. The number of rotatable bonds is 8. The number of hydrogen-bond acceptors (Lipinski definition) is 6. The zero-order chi connectivity index (χ0) is 22.5. The van der Waals surface area contributed by atoms with Crippen molar-refractivity contribution in [3.63, 3.8) is 0 Å². The first-order chi connectivity index (χ1) is 15.6. The summed E-state index contributed by atoms with van der Waals surface area (Å²) in [7, 11) is 1.49. The molecule has 0 saturated carbocycles. The summed E-state index contributed by atoms with van der Waals surface area (Å²) in [5.41, 5.74) is 0.480. The molecule has 0 radical (unpaired) electrons. The molecule has 4 rings (SSSR count). The number of methoxy groups -OCH3 is 1. The molecule has 1 aliphatic rings. The molecule has 0 saturated heterocycles. The molecule has 2 aromatic heterocycles. The van der Waals surface area contributed by atoms with Crippen LogP contribution in [-0.2, 0) is 9.53 Å². The largest absolute Gasteiger partial charge is 0.467 e. The Balaban J connectivity index is 1.59. The van der Waals surface area contributed by atoms with Crippen LogP contribution < -0.4 is 0 Å². The van der Waals surface area contributed by atoms with Crippen molar-refractivity contribution in [2.24, 2.45) is 5.10 Å². The number of hydrogen-bond donors (Lipinski definition) is 0. The molecule has 1 aliphatic heterocycles. The van der Waals surface area contributed by atoms with Crippen molar-refractivity contribution < 1.29 is 27.6 Å². The van der Waals surface area contributed by atoms with Crippen molar-refractivity contribution in [1.29, 1.82) is 0 Å². The summed E-state index contributed by atoms with van der Waals surface area (Å²) in [4.78, 5) is 27.5. The monoisotopic (exact) mass is 439 g/mol. The zero-order valence-electron chi connectivity index (χ0n) is 17.4. The number of furan rings is 2. The molecule has 32 heavy (non-hydrogen) atoms. The molecule has 3 aromatic rings. The van der Waals surface area contributed by atoms with Gasteiger partial charge in [-0.15, -0.1) is 0 Å². The Bertz CT molecular complexity index is 1090. The fraction of sp³-hybridized carbons (Fsp3) is 0.261. The van der Waals surface area contributed by atoms with Gasteiger partial charge >= 0.3 is 0 Å². The zero-order valence-corrected chi connectivity index (χ0v) is 17.4. The molecule has 8 nitrogen and oxygen atoms in total. The lowest BCUT2D eigenvalue weighted by Gasteiger charge is -2.26. The van der Waals surface area contributed by atoms with Crippen molar-refractivity contribution in [3.05, 3.63) is 84.0 Å². The number of amides is 2. The molecule has 9 heteroatoms. The maximum Gasteiger partial charge on any atom is 0.262 e. The lowest BCUT2D eigenvalue weighted by Crippen LogP contribution is -2.43. The third kappa shape index (κ3) is 4.47. The first kappa shape index (κ1) is 21.5. The second-order valence-corrected chi connectivity index (χ2v) is 7.20. The third-order valence-corrected chi connectivity index (χ3v) is 5.13. The van der Waals surface area contributed by atoms with E-state index in [9.17, 15) is 14.0 Å². The van der Waals surface area contributed by atoms with Gasteiger partial charge in [-0.25, -0.2) is 9.40 Å². The van der Waals surface area contributed by atoms with Gasteiger partial charge in [0.2, 0.25) is 0 Å². The van der Waals surface area contributed by atoms with E-state index in [0.29, 0.717) is 23.7 Å². The van der Waals surface area contributed by atoms with E-state index in [4.69, 9.17) is 13.6 Å². The van der Waals surface area contributed by atoms with Gasteiger partial charge in [0.25, 0.3) is 11.8 Å². The summed E-state index contributed by atoms with van der Waals surface area (Å²) in [6.45, 7) is 0.00207. The SMILES string of the molecule is COCCN(CC(=O)N1N=C(c2ccco2)C[C@@H]1c1ccco1)C(=O)c1ccccc1F. The summed E-state index contributed by atoms with van der Waals surface area (Å²) in [6.07, 6.45) is 3.45. The number of carbonyl (C=O) groups excluding carboxylic acids is 2. The Labute approximate surface area is 183 Å². The molecule has 0 spiro atoms. The van der Waals surface area contributed by atoms with E-state index in [1.165, 1.54) is 47.7 Å². The van der Waals surface area contributed by atoms with Gasteiger partial charge in [0, 0.05) is 20.1 Å². The van der Waals surface area contributed by atoms with E-state index in [0.717, 1.165) is 0 Å². The molecule has 166 valence electrons. The minimum absolute atomic E-state index is 0.111. The summed E-state index contributed by atoms with van der Waals surface area (Å²) in [5.74, 6) is -0.575. The Morgan fingerprint density at radius 1 is 1.16 bits per heavy atom. The van der Waals surface area contributed by atoms with Gasteiger partial charge in [0.1, 0.15) is 35.6 Å². The van der Waals surface area contributed by atoms with Crippen molar-refractivity contribution in [3.8, 4) is 0 Å². The fourth-order valence-corrected chi connectivity index (χ4v) is 3.53. The van der Waals surface area contributed by atoms with Crippen LogP contribution in [0.25, 0.3) is 0 Å². The van der Waals surface area contributed by atoms with E-state index in [2.05, 4.69) is 5.10 Å². The van der Waals surface area contributed by atoms with E-state index in [-0.39, 0.29) is 25.3 Å². The van der Waals surface area contributed by atoms with E-state index in [1.54, 1.807) is 30.3 Å². The number of ether oxygens (including phenoxy) is 1. The first-order valence-corrected chi connectivity index (χ1v) is 10.1. The second-order valence-electron chi connectivity index (χ2n) is 7.20. The van der Waals surface area contributed by atoms with Crippen molar-refractivity contribution >= 4 is 17.5 Å². The maximum atomic E-state index is 14.2. The number of hydrazone groups is 1. The molecule has 3 heterocycles. The molecule has 2 amide bonds. The maximum absolute atomic E-state index is 14.2. The standard InChI is InChI=1S/C23H22FN3O5/c1-30-13-10-26(23(29)16-6-2-3-7-17(16)24)15-22(28)27-19(21-9-5-12-32-21)14-18(25-27)20-8-4-11-31-20/h2-9,11-12,19H,10,13-15H2,1H3/t19-/m1/s1. The predicted octanol–water partition coefficient (Wildman–Crippen LogP) is 3.48. The van der Waals surface area contributed by atoms with Gasteiger partial charge in [-0.05, 0) is 36.4 Å². The highest BCUT2D eigenvalue weighted by atomic mass is 19.1. The number of nitrogens with zero attached hydrogens (tertiary/aromatic N) is 3.